The van der Waals surface area contributed by atoms with Crippen LogP contribution in [0.4, 0.5) is 0 Å². The number of carbonyl (C=O) groups excluding carboxylic acids is 1. The van der Waals surface area contributed by atoms with Crippen LogP contribution in [0.25, 0.3) is 0 Å². The standard InChI is InChI=1S/C17H23N3O3/c1-11-16(12(2)20(3)19-11)17-14(7-9-23-17)18-15(21)5-4-13-6-8-22-10-13/h6,8,10,14,17H,4-5,7,9H2,1-3H3,(H,18,21)/t14-,17-/m0/s1. The van der Waals surface area contributed by atoms with E-state index >= 15 is 0 Å². The van der Waals surface area contributed by atoms with Crippen molar-refractivity contribution in [2.24, 2.45) is 7.05 Å². The summed E-state index contributed by atoms with van der Waals surface area (Å²) in [5, 5.41) is 7.57. The van der Waals surface area contributed by atoms with Crippen molar-refractivity contribution < 1.29 is 13.9 Å². The van der Waals surface area contributed by atoms with E-state index in [9.17, 15) is 4.79 Å². The lowest BCUT2D eigenvalue weighted by Gasteiger charge is -2.20. The molecule has 3 rings (SSSR count). The van der Waals surface area contributed by atoms with Crippen LogP contribution in [0, 0.1) is 13.8 Å². The van der Waals surface area contributed by atoms with Crippen molar-refractivity contribution in [3.8, 4) is 0 Å². The Hall–Kier alpha value is -2.08. The SMILES string of the molecule is Cc1nn(C)c(C)c1[C@H]1OCC[C@@H]1NC(=O)CCc1ccoc1. The minimum atomic E-state index is -0.110. The van der Waals surface area contributed by atoms with Crippen molar-refractivity contribution in [2.45, 2.75) is 45.3 Å². The van der Waals surface area contributed by atoms with Crippen molar-refractivity contribution in [2.75, 3.05) is 6.61 Å². The summed E-state index contributed by atoms with van der Waals surface area (Å²) in [6.45, 7) is 4.68. The predicted octanol–water partition coefficient (Wildman–Crippen LogP) is 2.21. The normalized spacial score (nSPS) is 20.8. The highest BCUT2D eigenvalue weighted by Crippen LogP contribution is 2.33. The van der Waals surface area contributed by atoms with Crippen LogP contribution >= 0.6 is 0 Å². The zero-order chi connectivity index (χ0) is 16.4. The van der Waals surface area contributed by atoms with Gasteiger partial charge in [0.1, 0.15) is 6.10 Å². The fraction of sp³-hybridized carbons (Fsp3) is 0.529. The number of hydrogen-bond donors (Lipinski definition) is 1. The van der Waals surface area contributed by atoms with Gasteiger partial charge in [0.15, 0.2) is 0 Å². The van der Waals surface area contributed by atoms with Crippen molar-refractivity contribution >= 4 is 5.91 Å². The van der Waals surface area contributed by atoms with Gasteiger partial charge in [-0.15, -0.1) is 0 Å². The number of nitrogens with one attached hydrogen (secondary N) is 1. The second-order valence-electron chi connectivity index (χ2n) is 6.09. The summed E-state index contributed by atoms with van der Waals surface area (Å²) in [5.74, 6) is 0.0471. The topological polar surface area (TPSA) is 69.3 Å². The van der Waals surface area contributed by atoms with Crippen molar-refractivity contribution in [3.05, 3.63) is 41.1 Å². The van der Waals surface area contributed by atoms with E-state index in [1.54, 1.807) is 12.5 Å². The highest BCUT2D eigenvalue weighted by Gasteiger charge is 2.34. The molecule has 0 bridgehead atoms. The van der Waals surface area contributed by atoms with Gasteiger partial charge in [0.25, 0.3) is 0 Å². The summed E-state index contributed by atoms with van der Waals surface area (Å²) in [5.41, 5.74) is 4.20. The first-order valence-corrected chi connectivity index (χ1v) is 7.98. The summed E-state index contributed by atoms with van der Waals surface area (Å²) in [4.78, 5) is 12.2. The Bertz CT molecular complexity index is 676. The molecule has 0 aromatic carbocycles. The van der Waals surface area contributed by atoms with E-state index in [2.05, 4.69) is 10.4 Å². The molecule has 1 aliphatic heterocycles. The minimum Gasteiger partial charge on any atom is -0.472 e. The molecule has 23 heavy (non-hydrogen) atoms. The van der Waals surface area contributed by atoms with E-state index in [0.717, 1.165) is 28.9 Å². The zero-order valence-corrected chi connectivity index (χ0v) is 13.8. The first-order chi connectivity index (χ1) is 11.1. The molecule has 1 aliphatic rings. The van der Waals surface area contributed by atoms with Crippen LogP contribution in [0.3, 0.4) is 0 Å². The van der Waals surface area contributed by atoms with Gasteiger partial charge in [-0.1, -0.05) is 0 Å². The molecular formula is C17H23N3O3. The average molecular weight is 317 g/mol. The van der Waals surface area contributed by atoms with Crippen molar-refractivity contribution in [1.29, 1.82) is 0 Å². The number of aryl methyl sites for hydroxylation is 3. The van der Waals surface area contributed by atoms with Crippen LogP contribution in [-0.2, 0) is 23.0 Å². The number of furan rings is 1. The number of nitrogens with zero attached hydrogens (tertiary/aromatic N) is 2. The summed E-state index contributed by atoms with van der Waals surface area (Å²) >= 11 is 0. The molecule has 1 amide bonds. The van der Waals surface area contributed by atoms with E-state index in [-0.39, 0.29) is 18.1 Å². The molecule has 2 aromatic heterocycles. The molecule has 1 saturated heterocycles. The van der Waals surface area contributed by atoms with Crippen molar-refractivity contribution in [1.82, 2.24) is 15.1 Å². The fourth-order valence-electron chi connectivity index (χ4n) is 3.20. The quantitative estimate of drug-likeness (QED) is 0.918. The Morgan fingerprint density at radius 1 is 1.48 bits per heavy atom. The predicted molar refractivity (Wildman–Crippen MR) is 85.0 cm³/mol. The molecular weight excluding hydrogens is 294 g/mol. The number of hydrogen-bond acceptors (Lipinski definition) is 4. The van der Waals surface area contributed by atoms with Crippen LogP contribution in [0.5, 0.6) is 0 Å². The molecule has 1 N–H and O–H groups in total. The maximum Gasteiger partial charge on any atom is 0.220 e. The molecule has 2 atom stereocenters. The molecule has 6 nitrogen and oxygen atoms in total. The van der Waals surface area contributed by atoms with Gasteiger partial charge in [-0.25, -0.2) is 0 Å². The molecule has 2 aromatic rings. The number of carbonyl (C=O) groups is 1. The monoisotopic (exact) mass is 317 g/mol. The maximum absolute atomic E-state index is 12.2. The van der Waals surface area contributed by atoms with Gasteiger partial charge < -0.3 is 14.5 Å². The van der Waals surface area contributed by atoms with E-state index < -0.39 is 0 Å². The Morgan fingerprint density at radius 2 is 2.30 bits per heavy atom. The van der Waals surface area contributed by atoms with E-state index in [4.69, 9.17) is 9.15 Å². The average Bonchev–Trinajstić information content (AvgIpc) is 3.21. The second kappa shape index (κ2) is 6.58. The Morgan fingerprint density at radius 3 is 2.96 bits per heavy atom. The Labute approximate surface area is 135 Å². The van der Waals surface area contributed by atoms with E-state index in [1.807, 2.05) is 31.6 Å². The van der Waals surface area contributed by atoms with Crippen LogP contribution in [0.15, 0.2) is 23.0 Å². The molecule has 1 fully saturated rings. The van der Waals surface area contributed by atoms with Gasteiger partial charge >= 0.3 is 0 Å². The van der Waals surface area contributed by atoms with Crippen LogP contribution < -0.4 is 5.32 Å². The first-order valence-electron chi connectivity index (χ1n) is 7.98. The maximum atomic E-state index is 12.2. The summed E-state index contributed by atoms with van der Waals surface area (Å²) in [6.07, 6.45) is 5.16. The molecule has 0 radical (unpaired) electrons. The third-order valence-corrected chi connectivity index (χ3v) is 4.51. The number of amides is 1. The van der Waals surface area contributed by atoms with Gasteiger partial charge in [0.05, 0.1) is 24.3 Å². The van der Waals surface area contributed by atoms with Crippen LogP contribution in [0.1, 0.15) is 41.5 Å². The van der Waals surface area contributed by atoms with Gasteiger partial charge in [0, 0.05) is 31.3 Å². The Kier molecular flexibility index (Phi) is 4.52. The lowest BCUT2D eigenvalue weighted by molar-refractivity contribution is -0.122. The highest BCUT2D eigenvalue weighted by molar-refractivity contribution is 5.76. The molecule has 0 unspecified atom stereocenters. The Balaban J connectivity index is 1.63. The van der Waals surface area contributed by atoms with Gasteiger partial charge in [0.2, 0.25) is 5.91 Å². The summed E-state index contributed by atoms with van der Waals surface area (Å²) in [6, 6.07) is 1.89. The van der Waals surface area contributed by atoms with Crippen molar-refractivity contribution in [3.63, 3.8) is 0 Å². The third-order valence-electron chi connectivity index (χ3n) is 4.51. The van der Waals surface area contributed by atoms with Gasteiger partial charge in [-0.3, -0.25) is 9.48 Å². The fourth-order valence-corrected chi connectivity index (χ4v) is 3.20. The number of ether oxygens (including phenoxy) is 1. The molecule has 0 aliphatic carbocycles. The number of aromatic nitrogens is 2. The number of rotatable bonds is 5. The molecule has 0 spiro atoms. The van der Waals surface area contributed by atoms with E-state index in [0.29, 0.717) is 19.4 Å². The molecule has 3 heterocycles. The molecule has 0 saturated carbocycles. The van der Waals surface area contributed by atoms with Gasteiger partial charge in [-0.2, -0.15) is 5.10 Å². The zero-order valence-electron chi connectivity index (χ0n) is 13.8. The minimum absolute atomic E-state index is 0.00782. The lowest BCUT2D eigenvalue weighted by Crippen LogP contribution is -2.37. The summed E-state index contributed by atoms with van der Waals surface area (Å²) < 4.78 is 12.8. The van der Waals surface area contributed by atoms with Crippen LogP contribution in [0.2, 0.25) is 0 Å². The third kappa shape index (κ3) is 3.32. The first kappa shape index (κ1) is 15.8. The lowest BCUT2D eigenvalue weighted by atomic mass is 10.00. The molecule has 124 valence electrons. The van der Waals surface area contributed by atoms with Gasteiger partial charge in [-0.05, 0) is 38.3 Å². The van der Waals surface area contributed by atoms with Crippen LogP contribution in [-0.4, -0.2) is 28.3 Å². The van der Waals surface area contributed by atoms with E-state index in [1.165, 1.54) is 0 Å². The highest BCUT2D eigenvalue weighted by atomic mass is 16.5. The largest absolute Gasteiger partial charge is 0.472 e. The smallest absolute Gasteiger partial charge is 0.220 e. The summed E-state index contributed by atoms with van der Waals surface area (Å²) in [7, 11) is 1.93. The second-order valence-corrected chi connectivity index (χ2v) is 6.09. The molecule has 6 heteroatoms.